The zero-order valence-corrected chi connectivity index (χ0v) is 13.9. The summed E-state index contributed by atoms with van der Waals surface area (Å²) in [6, 6.07) is 9.99. The highest BCUT2D eigenvalue weighted by Crippen LogP contribution is 2.24. The van der Waals surface area contributed by atoms with Gasteiger partial charge in [-0.2, -0.15) is 0 Å². The Morgan fingerprint density at radius 3 is 2.27 bits per heavy atom. The number of hydrogen-bond donors (Lipinski definition) is 1. The molecular formula is C19H23NO2. The standard InChI is InChI=1S/C19H23NO2/c1-12-9-14(3)19(15(4)10-12)22-11-18(21)20-17-8-6-7-13(2)16(17)5/h6-10H,11H2,1-5H3,(H,20,21). The Bertz CT molecular complexity index is 682. The molecule has 3 heteroatoms. The Morgan fingerprint density at radius 1 is 1.00 bits per heavy atom. The molecule has 1 amide bonds. The summed E-state index contributed by atoms with van der Waals surface area (Å²) in [5, 5.41) is 2.91. The maximum absolute atomic E-state index is 12.1. The van der Waals surface area contributed by atoms with E-state index in [1.54, 1.807) is 0 Å². The Balaban J connectivity index is 2.03. The third-order valence-corrected chi connectivity index (χ3v) is 3.83. The molecule has 0 saturated carbocycles. The predicted molar refractivity (Wildman–Crippen MR) is 90.7 cm³/mol. The zero-order valence-electron chi connectivity index (χ0n) is 13.9. The normalized spacial score (nSPS) is 10.4. The molecule has 0 spiro atoms. The largest absolute Gasteiger partial charge is 0.483 e. The number of rotatable bonds is 4. The van der Waals surface area contributed by atoms with Crippen LogP contribution in [0.25, 0.3) is 0 Å². The van der Waals surface area contributed by atoms with E-state index in [1.165, 1.54) is 5.56 Å². The van der Waals surface area contributed by atoms with Crippen molar-refractivity contribution >= 4 is 11.6 Å². The number of ether oxygens (including phenoxy) is 1. The van der Waals surface area contributed by atoms with E-state index < -0.39 is 0 Å². The van der Waals surface area contributed by atoms with Crippen molar-refractivity contribution in [2.24, 2.45) is 0 Å². The van der Waals surface area contributed by atoms with Crippen molar-refractivity contribution in [2.45, 2.75) is 34.6 Å². The molecule has 0 unspecified atom stereocenters. The van der Waals surface area contributed by atoms with Gasteiger partial charge in [0.1, 0.15) is 5.75 Å². The summed E-state index contributed by atoms with van der Waals surface area (Å²) in [4.78, 5) is 12.1. The van der Waals surface area contributed by atoms with Gasteiger partial charge in [-0.15, -0.1) is 0 Å². The number of carbonyl (C=O) groups is 1. The molecule has 0 aliphatic heterocycles. The SMILES string of the molecule is Cc1cc(C)c(OCC(=O)Nc2cccc(C)c2C)c(C)c1. The molecule has 0 aliphatic rings. The summed E-state index contributed by atoms with van der Waals surface area (Å²) in [6.45, 7) is 10.1. The second-order valence-corrected chi connectivity index (χ2v) is 5.81. The van der Waals surface area contributed by atoms with E-state index in [1.807, 2.05) is 45.9 Å². The second-order valence-electron chi connectivity index (χ2n) is 5.81. The molecule has 0 aromatic heterocycles. The van der Waals surface area contributed by atoms with Gasteiger partial charge >= 0.3 is 0 Å². The molecule has 0 saturated heterocycles. The van der Waals surface area contributed by atoms with Crippen LogP contribution in [0.4, 0.5) is 5.69 Å². The Labute approximate surface area is 132 Å². The first-order valence-electron chi connectivity index (χ1n) is 7.45. The molecule has 22 heavy (non-hydrogen) atoms. The van der Waals surface area contributed by atoms with Crippen LogP contribution in [0.1, 0.15) is 27.8 Å². The minimum Gasteiger partial charge on any atom is -0.483 e. The molecule has 0 radical (unpaired) electrons. The van der Waals surface area contributed by atoms with Crippen molar-refractivity contribution in [2.75, 3.05) is 11.9 Å². The average molecular weight is 297 g/mol. The van der Waals surface area contributed by atoms with Gasteiger partial charge in [0, 0.05) is 5.69 Å². The third-order valence-electron chi connectivity index (χ3n) is 3.83. The molecule has 2 aromatic carbocycles. The van der Waals surface area contributed by atoms with Gasteiger partial charge in [-0.05, 0) is 62.9 Å². The van der Waals surface area contributed by atoms with Crippen LogP contribution in [0.5, 0.6) is 5.75 Å². The fourth-order valence-electron chi connectivity index (χ4n) is 2.60. The zero-order chi connectivity index (χ0) is 16.3. The second kappa shape index (κ2) is 6.65. The van der Waals surface area contributed by atoms with Gasteiger partial charge in [0.25, 0.3) is 5.91 Å². The fraction of sp³-hybridized carbons (Fsp3) is 0.316. The molecule has 3 nitrogen and oxygen atoms in total. The van der Waals surface area contributed by atoms with Gasteiger partial charge < -0.3 is 10.1 Å². The Kier molecular flexibility index (Phi) is 4.86. The smallest absolute Gasteiger partial charge is 0.262 e. The van der Waals surface area contributed by atoms with Gasteiger partial charge in [-0.1, -0.05) is 29.8 Å². The van der Waals surface area contributed by atoms with Crippen LogP contribution in [0.15, 0.2) is 30.3 Å². The lowest BCUT2D eigenvalue weighted by Gasteiger charge is -2.14. The minimum atomic E-state index is -0.145. The first-order valence-corrected chi connectivity index (χ1v) is 7.45. The topological polar surface area (TPSA) is 38.3 Å². The van der Waals surface area contributed by atoms with E-state index in [2.05, 4.69) is 24.4 Å². The molecular weight excluding hydrogens is 274 g/mol. The number of amides is 1. The summed E-state index contributed by atoms with van der Waals surface area (Å²) in [5.41, 5.74) is 6.38. The van der Waals surface area contributed by atoms with Crippen molar-refractivity contribution < 1.29 is 9.53 Å². The first kappa shape index (κ1) is 16.1. The van der Waals surface area contributed by atoms with Crippen LogP contribution in [0.3, 0.4) is 0 Å². The van der Waals surface area contributed by atoms with Gasteiger partial charge in [0.15, 0.2) is 6.61 Å². The van der Waals surface area contributed by atoms with Crippen LogP contribution in [-0.2, 0) is 4.79 Å². The van der Waals surface area contributed by atoms with E-state index in [0.717, 1.165) is 33.7 Å². The van der Waals surface area contributed by atoms with Crippen LogP contribution in [-0.4, -0.2) is 12.5 Å². The number of hydrogen-bond acceptors (Lipinski definition) is 2. The summed E-state index contributed by atoms with van der Waals surface area (Å²) in [7, 11) is 0. The molecule has 0 bridgehead atoms. The quantitative estimate of drug-likeness (QED) is 0.916. The van der Waals surface area contributed by atoms with Gasteiger partial charge in [-0.25, -0.2) is 0 Å². The highest BCUT2D eigenvalue weighted by molar-refractivity contribution is 5.92. The Hall–Kier alpha value is -2.29. The molecule has 0 fully saturated rings. The van der Waals surface area contributed by atoms with Crippen LogP contribution >= 0.6 is 0 Å². The van der Waals surface area contributed by atoms with Crippen molar-refractivity contribution in [3.05, 3.63) is 58.1 Å². The lowest BCUT2D eigenvalue weighted by molar-refractivity contribution is -0.118. The van der Waals surface area contributed by atoms with Crippen molar-refractivity contribution in [1.82, 2.24) is 0 Å². The van der Waals surface area contributed by atoms with Crippen LogP contribution in [0, 0.1) is 34.6 Å². The molecule has 0 aliphatic carbocycles. The minimum absolute atomic E-state index is 0.0120. The van der Waals surface area contributed by atoms with Gasteiger partial charge in [0.2, 0.25) is 0 Å². The first-order chi connectivity index (χ1) is 10.4. The van der Waals surface area contributed by atoms with E-state index >= 15 is 0 Å². The van der Waals surface area contributed by atoms with Crippen molar-refractivity contribution in [3.63, 3.8) is 0 Å². The van der Waals surface area contributed by atoms with E-state index in [0.29, 0.717) is 0 Å². The molecule has 2 aromatic rings. The number of benzene rings is 2. The van der Waals surface area contributed by atoms with Gasteiger partial charge in [-0.3, -0.25) is 4.79 Å². The molecule has 1 N–H and O–H groups in total. The molecule has 0 atom stereocenters. The van der Waals surface area contributed by atoms with Crippen molar-refractivity contribution in [1.29, 1.82) is 0 Å². The lowest BCUT2D eigenvalue weighted by Crippen LogP contribution is -2.21. The summed E-state index contributed by atoms with van der Waals surface area (Å²) >= 11 is 0. The Morgan fingerprint density at radius 2 is 1.64 bits per heavy atom. The van der Waals surface area contributed by atoms with Crippen LogP contribution in [0.2, 0.25) is 0 Å². The summed E-state index contributed by atoms with van der Waals surface area (Å²) < 4.78 is 5.71. The summed E-state index contributed by atoms with van der Waals surface area (Å²) in [5.74, 6) is 0.648. The fourth-order valence-corrected chi connectivity index (χ4v) is 2.60. The monoisotopic (exact) mass is 297 g/mol. The lowest BCUT2D eigenvalue weighted by atomic mass is 10.1. The number of anilines is 1. The maximum atomic E-state index is 12.1. The average Bonchev–Trinajstić information content (AvgIpc) is 2.42. The van der Waals surface area contributed by atoms with Gasteiger partial charge in [0.05, 0.1) is 0 Å². The number of aryl methyl sites for hydroxylation is 4. The highest BCUT2D eigenvalue weighted by Gasteiger charge is 2.10. The van der Waals surface area contributed by atoms with E-state index in [4.69, 9.17) is 4.74 Å². The molecule has 0 heterocycles. The van der Waals surface area contributed by atoms with Crippen LogP contribution < -0.4 is 10.1 Å². The van der Waals surface area contributed by atoms with E-state index in [-0.39, 0.29) is 12.5 Å². The summed E-state index contributed by atoms with van der Waals surface area (Å²) in [6.07, 6.45) is 0. The number of carbonyl (C=O) groups excluding carboxylic acids is 1. The maximum Gasteiger partial charge on any atom is 0.262 e. The predicted octanol–water partition coefficient (Wildman–Crippen LogP) is 4.25. The highest BCUT2D eigenvalue weighted by atomic mass is 16.5. The van der Waals surface area contributed by atoms with Crippen molar-refractivity contribution in [3.8, 4) is 5.75 Å². The van der Waals surface area contributed by atoms with E-state index in [9.17, 15) is 4.79 Å². The number of nitrogens with one attached hydrogen (secondary N) is 1. The molecule has 116 valence electrons. The molecule has 2 rings (SSSR count). The third kappa shape index (κ3) is 3.67.